The number of carboxylic acid groups (broad SMARTS) is 1. The van der Waals surface area contributed by atoms with E-state index in [2.05, 4.69) is 29.7 Å². The monoisotopic (exact) mass is 357 g/mol. The number of fused-ring (bicyclic) bond motifs is 2. The third-order valence-corrected chi connectivity index (χ3v) is 4.51. The summed E-state index contributed by atoms with van der Waals surface area (Å²) >= 11 is 0. The van der Waals surface area contributed by atoms with E-state index in [0.29, 0.717) is 5.69 Å². The molecule has 5 heteroatoms. The molecule has 0 spiro atoms. The molecule has 0 aliphatic heterocycles. The molecule has 1 heterocycles. The quantitative estimate of drug-likeness (QED) is 0.403. The van der Waals surface area contributed by atoms with Crippen molar-refractivity contribution in [2.45, 2.75) is 13.8 Å². The fourth-order valence-electron chi connectivity index (χ4n) is 3.39. The van der Waals surface area contributed by atoms with Crippen molar-refractivity contribution in [1.29, 1.82) is 0 Å². The van der Waals surface area contributed by atoms with Crippen molar-refractivity contribution in [3.05, 3.63) is 71.8 Å². The predicted octanol–water partition coefficient (Wildman–Crippen LogP) is 5.84. The molecule has 0 atom stereocenters. The summed E-state index contributed by atoms with van der Waals surface area (Å²) in [7, 11) is 0. The molecule has 4 rings (SSSR count). The van der Waals surface area contributed by atoms with Gasteiger partial charge in [0, 0.05) is 22.1 Å². The number of aromatic nitrogens is 1. The minimum absolute atomic E-state index is 0.531. The SMILES string of the molecule is Cc1cc(NC(=O)O)cc(Nc2c3ccccc3nc3c(C)cccc23)c1. The Bertz CT molecular complexity index is 1180. The summed E-state index contributed by atoms with van der Waals surface area (Å²) in [5.74, 6) is 0. The molecule has 0 aliphatic carbocycles. The summed E-state index contributed by atoms with van der Waals surface area (Å²) in [6, 6.07) is 19.7. The molecule has 1 aromatic heterocycles. The van der Waals surface area contributed by atoms with E-state index in [1.165, 1.54) is 0 Å². The normalized spacial score (nSPS) is 10.9. The van der Waals surface area contributed by atoms with Gasteiger partial charge in [0.2, 0.25) is 0 Å². The number of anilines is 3. The van der Waals surface area contributed by atoms with E-state index in [4.69, 9.17) is 10.1 Å². The number of hydrogen-bond acceptors (Lipinski definition) is 3. The first-order valence-electron chi connectivity index (χ1n) is 8.68. The minimum Gasteiger partial charge on any atom is -0.465 e. The highest BCUT2D eigenvalue weighted by Gasteiger charge is 2.11. The maximum Gasteiger partial charge on any atom is 0.409 e. The molecule has 0 radical (unpaired) electrons. The Kier molecular flexibility index (Phi) is 4.12. The van der Waals surface area contributed by atoms with E-state index >= 15 is 0 Å². The second-order valence-corrected chi connectivity index (χ2v) is 6.62. The fourth-order valence-corrected chi connectivity index (χ4v) is 3.39. The number of rotatable bonds is 3. The summed E-state index contributed by atoms with van der Waals surface area (Å²) in [4.78, 5) is 15.8. The standard InChI is InChI=1S/C22H19N3O2/c1-13-10-15(12-16(11-13)24-22(26)27)23-21-17-7-3-4-9-19(17)25-20-14(2)6-5-8-18(20)21/h3-12,24H,1-2H3,(H,23,25)(H,26,27). The number of amides is 1. The van der Waals surface area contributed by atoms with Crippen LogP contribution in [0, 0.1) is 13.8 Å². The molecule has 27 heavy (non-hydrogen) atoms. The van der Waals surface area contributed by atoms with Crippen LogP contribution < -0.4 is 10.6 Å². The second-order valence-electron chi connectivity index (χ2n) is 6.62. The summed E-state index contributed by atoms with van der Waals surface area (Å²) in [6.07, 6.45) is -1.08. The average Bonchev–Trinajstić information content (AvgIpc) is 2.61. The number of para-hydroxylation sites is 2. The van der Waals surface area contributed by atoms with Gasteiger partial charge in [0.25, 0.3) is 0 Å². The minimum atomic E-state index is -1.08. The van der Waals surface area contributed by atoms with E-state index in [9.17, 15) is 4.79 Å². The van der Waals surface area contributed by atoms with Crippen LogP contribution in [0.1, 0.15) is 11.1 Å². The van der Waals surface area contributed by atoms with Crippen LogP contribution in [0.3, 0.4) is 0 Å². The highest BCUT2D eigenvalue weighted by molar-refractivity contribution is 6.09. The molecule has 134 valence electrons. The Morgan fingerprint density at radius 2 is 1.67 bits per heavy atom. The topological polar surface area (TPSA) is 74.2 Å². The van der Waals surface area contributed by atoms with Gasteiger partial charge >= 0.3 is 6.09 Å². The van der Waals surface area contributed by atoms with E-state index < -0.39 is 6.09 Å². The molecule has 0 fully saturated rings. The summed E-state index contributed by atoms with van der Waals surface area (Å²) < 4.78 is 0. The van der Waals surface area contributed by atoms with E-state index in [1.54, 1.807) is 12.1 Å². The van der Waals surface area contributed by atoms with Gasteiger partial charge < -0.3 is 10.4 Å². The van der Waals surface area contributed by atoms with E-state index in [1.807, 2.05) is 43.3 Å². The van der Waals surface area contributed by atoms with Crippen LogP contribution in [0.4, 0.5) is 21.9 Å². The average molecular weight is 357 g/mol. The maximum absolute atomic E-state index is 11.0. The van der Waals surface area contributed by atoms with Crippen molar-refractivity contribution in [1.82, 2.24) is 4.98 Å². The fraction of sp³-hybridized carbons (Fsp3) is 0.0909. The molecule has 1 amide bonds. The van der Waals surface area contributed by atoms with Crippen LogP contribution in [-0.4, -0.2) is 16.2 Å². The van der Waals surface area contributed by atoms with Gasteiger partial charge in [0.05, 0.1) is 16.7 Å². The molecule has 3 aromatic carbocycles. The molecule has 5 nitrogen and oxygen atoms in total. The van der Waals surface area contributed by atoms with Crippen molar-refractivity contribution in [2.24, 2.45) is 0 Å². The van der Waals surface area contributed by atoms with E-state index in [-0.39, 0.29) is 0 Å². The van der Waals surface area contributed by atoms with Crippen molar-refractivity contribution in [3.63, 3.8) is 0 Å². The van der Waals surface area contributed by atoms with Gasteiger partial charge in [-0.3, -0.25) is 5.32 Å². The first-order valence-corrected chi connectivity index (χ1v) is 8.68. The van der Waals surface area contributed by atoms with Crippen LogP contribution in [0.25, 0.3) is 21.8 Å². The predicted molar refractivity (Wildman–Crippen MR) is 110 cm³/mol. The molecular weight excluding hydrogens is 338 g/mol. The van der Waals surface area contributed by atoms with Crippen LogP contribution in [0.15, 0.2) is 60.7 Å². The zero-order chi connectivity index (χ0) is 19.0. The third-order valence-electron chi connectivity index (χ3n) is 4.51. The third kappa shape index (κ3) is 3.27. The summed E-state index contributed by atoms with van der Waals surface area (Å²) in [5, 5.41) is 17.0. The summed E-state index contributed by atoms with van der Waals surface area (Å²) in [6.45, 7) is 3.99. The Morgan fingerprint density at radius 3 is 2.48 bits per heavy atom. The molecule has 0 unspecified atom stereocenters. The zero-order valence-corrected chi connectivity index (χ0v) is 15.1. The van der Waals surface area contributed by atoms with E-state index in [0.717, 1.165) is 44.3 Å². The second kappa shape index (κ2) is 6.61. The van der Waals surface area contributed by atoms with Crippen molar-refractivity contribution in [3.8, 4) is 0 Å². The van der Waals surface area contributed by atoms with Gasteiger partial charge in [-0.1, -0.05) is 36.4 Å². The van der Waals surface area contributed by atoms with Crippen molar-refractivity contribution in [2.75, 3.05) is 10.6 Å². The number of nitrogens with one attached hydrogen (secondary N) is 2. The van der Waals surface area contributed by atoms with Gasteiger partial charge in [-0.15, -0.1) is 0 Å². The molecule has 0 saturated heterocycles. The van der Waals surface area contributed by atoms with Crippen molar-refractivity contribution < 1.29 is 9.90 Å². The van der Waals surface area contributed by atoms with Crippen LogP contribution >= 0.6 is 0 Å². The van der Waals surface area contributed by atoms with Crippen LogP contribution in [0.2, 0.25) is 0 Å². The Hall–Kier alpha value is -3.60. The number of nitrogens with zero attached hydrogens (tertiary/aromatic N) is 1. The molecule has 3 N–H and O–H groups in total. The lowest BCUT2D eigenvalue weighted by atomic mass is 10.0. The number of pyridine rings is 1. The smallest absolute Gasteiger partial charge is 0.409 e. The van der Waals surface area contributed by atoms with Gasteiger partial charge in [0.15, 0.2) is 0 Å². The molecule has 0 bridgehead atoms. The number of carbonyl (C=O) groups is 1. The number of benzene rings is 3. The maximum atomic E-state index is 11.0. The highest BCUT2D eigenvalue weighted by Crippen LogP contribution is 2.35. The highest BCUT2D eigenvalue weighted by atomic mass is 16.4. The molecule has 0 aliphatic rings. The van der Waals surface area contributed by atoms with Gasteiger partial charge in [0.1, 0.15) is 0 Å². The van der Waals surface area contributed by atoms with Gasteiger partial charge in [-0.2, -0.15) is 0 Å². The Labute approximate surface area is 156 Å². The van der Waals surface area contributed by atoms with Crippen LogP contribution in [-0.2, 0) is 0 Å². The summed E-state index contributed by atoms with van der Waals surface area (Å²) in [5.41, 5.74) is 6.25. The lowest BCUT2D eigenvalue weighted by Crippen LogP contribution is -2.07. The Balaban J connectivity index is 1.92. The molecular formula is C22H19N3O2. The number of aryl methyl sites for hydroxylation is 2. The largest absolute Gasteiger partial charge is 0.465 e. The molecule has 0 saturated carbocycles. The first-order chi connectivity index (χ1) is 13.0. The zero-order valence-electron chi connectivity index (χ0n) is 15.1. The Morgan fingerprint density at radius 1 is 0.926 bits per heavy atom. The first kappa shape index (κ1) is 16.8. The lowest BCUT2D eigenvalue weighted by Gasteiger charge is -2.15. The molecule has 4 aromatic rings. The van der Waals surface area contributed by atoms with Gasteiger partial charge in [-0.25, -0.2) is 9.78 Å². The van der Waals surface area contributed by atoms with Gasteiger partial charge in [-0.05, 0) is 49.2 Å². The van der Waals surface area contributed by atoms with Crippen LogP contribution in [0.5, 0.6) is 0 Å². The number of hydrogen-bond donors (Lipinski definition) is 3. The van der Waals surface area contributed by atoms with Crippen molar-refractivity contribution >= 4 is 45.0 Å². The lowest BCUT2D eigenvalue weighted by molar-refractivity contribution is 0.210.